The van der Waals surface area contributed by atoms with Crippen molar-refractivity contribution in [3.8, 4) is 0 Å². The first-order valence-electron chi connectivity index (χ1n) is 5.60. The highest BCUT2D eigenvalue weighted by atomic mass is 15.3. The largest absolute Gasteiger partial charge is 0.399 e. The fraction of sp³-hybridized carbons (Fsp3) is 0.500. The first-order chi connectivity index (χ1) is 7.24. The Hall–Kier alpha value is -1.22. The lowest BCUT2D eigenvalue weighted by Gasteiger charge is -2.30. The number of benzene rings is 1. The molecule has 2 bridgehead atoms. The molecule has 2 atom stereocenters. The summed E-state index contributed by atoms with van der Waals surface area (Å²) in [5, 5.41) is 3.52. The van der Waals surface area contributed by atoms with Gasteiger partial charge in [-0.3, -0.25) is 0 Å². The summed E-state index contributed by atoms with van der Waals surface area (Å²) in [6, 6.07) is 7.62. The summed E-state index contributed by atoms with van der Waals surface area (Å²) in [5.41, 5.74) is 9.28. The van der Waals surface area contributed by atoms with Gasteiger partial charge < -0.3 is 16.0 Å². The zero-order valence-corrected chi connectivity index (χ0v) is 9.03. The van der Waals surface area contributed by atoms with E-state index < -0.39 is 0 Å². The van der Waals surface area contributed by atoms with Gasteiger partial charge >= 0.3 is 0 Å². The fourth-order valence-corrected chi connectivity index (χ4v) is 2.86. The molecular weight excluding hydrogens is 186 g/mol. The van der Waals surface area contributed by atoms with Gasteiger partial charge in [-0.15, -0.1) is 0 Å². The second-order valence-corrected chi connectivity index (χ2v) is 4.69. The summed E-state index contributed by atoms with van der Waals surface area (Å²) in [5.74, 6) is 0. The molecule has 3 rings (SSSR count). The third kappa shape index (κ3) is 1.38. The maximum atomic E-state index is 5.77. The van der Waals surface area contributed by atoms with E-state index in [-0.39, 0.29) is 0 Å². The number of nitrogens with zero attached hydrogens (tertiary/aromatic N) is 1. The van der Waals surface area contributed by atoms with E-state index in [0.717, 1.165) is 18.8 Å². The van der Waals surface area contributed by atoms with Gasteiger partial charge in [0.2, 0.25) is 0 Å². The van der Waals surface area contributed by atoms with Crippen molar-refractivity contribution in [3.05, 3.63) is 23.8 Å². The molecule has 1 aromatic rings. The van der Waals surface area contributed by atoms with Crippen molar-refractivity contribution >= 4 is 11.4 Å². The van der Waals surface area contributed by atoms with Crippen LogP contribution in [0.15, 0.2) is 18.2 Å². The molecule has 0 amide bonds. The normalized spacial score (nSPS) is 28.7. The smallest absolute Gasteiger partial charge is 0.0430 e. The molecule has 2 heterocycles. The average Bonchev–Trinajstić information content (AvgIpc) is 2.78. The molecular formula is C12H17N3. The molecule has 80 valence electrons. The standard InChI is InChI=1S/C12H17N3/c1-8-4-9(13)2-3-12(8)15-7-10-5-11(15)6-14-10/h2-4,10-11,14H,5-7,13H2,1H3/t10-,11-/m1/s1. The van der Waals surface area contributed by atoms with Crippen molar-refractivity contribution in [2.24, 2.45) is 0 Å². The first-order valence-corrected chi connectivity index (χ1v) is 5.60. The van der Waals surface area contributed by atoms with Gasteiger partial charge in [0.05, 0.1) is 0 Å². The molecule has 2 aliphatic rings. The third-order valence-electron chi connectivity index (χ3n) is 3.59. The van der Waals surface area contributed by atoms with E-state index >= 15 is 0 Å². The highest BCUT2D eigenvalue weighted by Crippen LogP contribution is 2.32. The predicted octanol–water partition coefficient (Wildman–Crippen LogP) is 1.13. The van der Waals surface area contributed by atoms with Crippen LogP contribution in [-0.2, 0) is 0 Å². The molecule has 0 saturated carbocycles. The van der Waals surface area contributed by atoms with E-state index in [1.807, 2.05) is 6.07 Å². The Balaban J connectivity index is 1.93. The summed E-state index contributed by atoms with van der Waals surface area (Å²) in [6.45, 7) is 4.43. The Bertz CT molecular complexity index is 388. The van der Waals surface area contributed by atoms with Crippen molar-refractivity contribution < 1.29 is 0 Å². The lowest BCUT2D eigenvalue weighted by Crippen LogP contribution is -2.43. The topological polar surface area (TPSA) is 41.3 Å². The molecule has 15 heavy (non-hydrogen) atoms. The molecule has 0 unspecified atom stereocenters. The number of piperazine rings is 1. The average molecular weight is 203 g/mol. The Morgan fingerprint density at radius 3 is 2.93 bits per heavy atom. The molecule has 3 nitrogen and oxygen atoms in total. The summed E-state index contributed by atoms with van der Waals surface area (Å²) in [4.78, 5) is 2.52. The van der Waals surface area contributed by atoms with E-state index in [4.69, 9.17) is 5.73 Å². The molecule has 0 aromatic heterocycles. The Morgan fingerprint density at radius 2 is 2.33 bits per heavy atom. The van der Waals surface area contributed by atoms with Crippen LogP contribution < -0.4 is 16.0 Å². The number of hydrogen-bond acceptors (Lipinski definition) is 3. The highest BCUT2D eigenvalue weighted by Gasteiger charge is 2.37. The zero-order chi connectivity index (χ0) is 10.4. The van der Waals surface area contributed by atoms with Crippen molar-refractivity contribution in [2.45, 2.75) is 25.4 Å². The van der Waals surface area contributed by atoms with Gasteiger partial charge in [0.1, 0.15) is 0 Å². The molecule has 1 aromatic carbocycles. The SMILES string of the molecule is Cc1cc(N)ccc1N1C[C@H]2C[C@@H]1CN2. The number of fused-ring (bicyclic) bond motifs is 2. The lowest BCUT2D eigenvalue weighted by molar-refractivity contribution is 0.579. The molecule has 3 N–H and O–H groups in total. The summed E-state index contributed by atoms with van der Waals surface area (Å²) in [7, 11) is 0. The van der Waals surface area contributed by atoms with Gasteiger partial charge in [-0.25, -0.2) is 0 Å². The van der Waals surface area contributed by atoms with E-state index in [0.29, 0.717) is 12.1 Å². The summed E-state index contributed by atoms with van der Waals surface area (Å²) < 4.78 is 0. The Morgan fingerprint density at radius 1 is 1.47 bits per heavy atom. The van der Waals surface area contributed by atoms with Crippen LogP contribution in [0.25, 0.3) is 0 Å². The van der Waals surface area contributed by atoms with Gasteiger partial charge in [0, 0.05) is 36.5 Å². The quantitative estimate of drug-likeness (QED) is 0.672. The Kier molecular flexibility index (Phi) is 1.89. The van der Waals surface area contributed by atoms with Crippen molar-refractivity contribution in [1.29, 1.82) is 0 Å². The maximum absolute atomic E-state index is 5.77. The number of rotatable bonds is 1. The van der Waals surface area contributed by atoms with Crippen LogP contribution in [0.4, 0.5) is 11.4 Å². The van der Waals surface area contributed by atoms with E-state index in [2.05, 4.69) is 29.3 Å². The van der Waals surface area contributed by atoms with Crippen LogP contribution in [0.5, 0.6) is 0 Å². The summed E-state index contributed by atoms with van der Waals surface area (Å²) >= 11 is 0. The molecule has 3 heteroatoms. The third-order valence-corrected chi connectivity index (χ3v) is 3.59. The van der Waals surface area contributed by atoms with Crippen LogP contribution in [0.3, 0.4) is 0 Å². The number of hydrogen-bond donors (Lipinski definition) is 2. The van der Waals surface area contributed by atoms with E-state index in [9.17, 15) is 0 Å². The molecule has 2 aliphatic heterocycles. The monoisotopic (exact) mass is 203 g/mol. The van der Waals surface area contributed by atoms with Crippen LogP contribution >= 0.6 is 0 Å². The molecule has 0 radical (unpaired) electrons. The minimum Gasteiger partial charge on any atom is -0.399 e. The highest BCUT2D eigenvalue weighted by molar-refractivity contribution is 5.60. The number of nitrogens with one attached hydrogen (secondary N) is 1. The van der Waals surface area contributed by atoms with Crippen LogP contribution in [0.1, 0.15) is 12.0 Å². The van der Waals surface area contributed by atoms with Crippen molar-refractivity contribution in [1.82, 2.24) is 5.32 Å². The Labute approximate surface area is 90.3 Å². The van der Waals surface area contributed by atoms with Crippen LogP contribution in [-0.4, -0.2) is 25.2 Å². The molecule has 0 spiro atoms. The van der Waals surface area contributed by atoms with E-state index in [1.165, 1.54) is 17.7 Å². The molecule has 0 aliphatic carbocycles. The summed E-state index contributed by atoms with van der Waals surface area (Å²) in [6.07, 6.45) is 1.30. The minimum atomic E-state index is 0.692. The van der Waals surface area contributed by atoms with Gasteiger partial charge in [0.15, 0.2) is 0 Å². The van der Waals surface area contributed by atoms with Gasteiger partial charge in [-0.05, 0) is 37.1 Å². The first kappa shape index (κ1) is 9.04. The number of aryl methyl sites for hydroxylation is 1. The predicted molar refractivity (Wildman–Crippen MR) is 63.1 cm³/mol. The second-order valence-electron chi connectivity index (χ2n) is 4.69. The maximum Gasteiger partial charge on any atom is 0.0430 e. The van der Waals surface area contributed by atoms with E-state index in [1.54, 1.807) is 0 Å². The second kappa shape index (κ2) is 3.14. The van der Waals surface area contributed by atoms with Gasteiger partial charge in [-0.2, -0.15) is 0 Å². The zero-order valence-electron chi connectivity index (χ0n) is 9.03. The number of nitrogen functional groups attached to an aromatic ring is 1. The van der Waals surface area contributed by atoms with Crippen LogP contribution in [0.2, 0.25) is 0 Å². The van der Waals surface area contributed by atoms with Gasteiger partial charge in [-0.1, -0.05) is 0 Å². The van der Waals surface area contributed by atoms with Crippen molar-refractivity contribution in [3.63, 3.8) is 0 Å². The van der Waals surface area contributed by atoms with Crippen LogP contribution in [0, 0.1) is 6.92 Å². The van der Waals surface area contributed by atoms with Crippen molar-refractivity contribution in [2.75, 3.05) is 23.7 Å². The lowest BCUT2D eigenvalue weighted by atomic mass is 10.1. The van der Waals surface area contributed by atoms with Gasteiger partial charge in [0.25, 0.3) is 0 Å². The number of nitrogens with two attached hydrogens (primary N) is 1. The number of anilines is 2. The molecule has 2 fully saturated rings. The minimum absolute atomic E-state index is 0.692. The molecule has 2 saturated heterocycles. The fourth-order valence-electron chi connectivity index (χ4n) is 2.86.